The lowest BCUT2D eigenvalue weighted by Gasteiger charge is -2.17. The number of nitrogens with two attached hydrogens (primary N) is 1. The number of hydrogen-bond acceptors (Lipinski definition) is 3. The molecule has 0 aliphatic heterocycles. The summed E-state index contributed by atoms with van der Waals surface area (Å²) in [6.45, 7) is 2.36. The molecule has 1 aromatic carbocycles. The number of carbonyl (C=O) groups excluding carboxylic acids is 2. The molecule has 0 bridgehead atoms. The molecule has 19 heavy (non-hydrogen) atoms. The van der Waals surface area contributed by atoms with Gasteiger partial charge in [0.2, 0.25) is 5.91 Å². The van der Waals surface area contributed by atoms with Gasteiger partial charge in [-0.2, -0.15) is 0 Å². The second-order valence-corrected chi connectivity index (χ2v) is 4.25. The van der Waals surface area contributed by atoms with Gasteiger partial charge in [-0.25, -0.2) is 4.39 Å². The monoisotopic (exact) mass is 267 g/mol. The van der Waals surface area contributed by atoms with Crippen molar-refractivity contribution >= 4 is 17.5 Å². The number of anilines is 1. The average Bonchev–Trinajstić information content (AvgIpc) is 2.38. The number of hydrogen-bond donors (Lipinski definition) is 2. The Morgan fingerprint density at radius 1 is 1.42 bits per heavy atom. The quantitative estimate of drug-likeness (QED) is 0.782. The molecule has 0 spiro atoms. The smallest absolute Gasteiger partial charge is 0.257 e. The normalized spacial score (nSPS) is 10.1. The maximum absolute atomic E-state index is 13.5. The van der Waals surface area contributed by atoms with Crippen molar-refractivity contribution in [3.8, 4) is 0 Å². The Morgan fingerprint density at radius 2 is 2.11 bits per heavy atom. The molecule has 0 aliphatic rings. The molecule has 0 fully saturated rings. The summed E-state index contributed by atoms with van der Waals surface area (Å²) in [5, 5.41) is 2.64. The summed E-state index contributed by atoms with van der Waals surface area (Å²) in [7, 11) is 1.44. The van der Waals surface area contributed by atoms with Crippen LogP contribution in [0.4, 0.5) is 10.1 Å². The molecule has 0 saturated heterocycles. The lowest BCUT2D eigenvalue weighted by molar-refractivity contribution is -0.121. The van der Waals surface area contributed by atoms with Gasteiger partial charge in [0.25, 0.3) is 5.91 Å². The van der Waals surface area contributed by atoms with E-state index in [1.54, 1.807) is 0 Å². The first-order valence-corrected chi connectivity index (χ1v) is 6.03. The molecule has 0 saturated carbocycles. The van der Waals surface area contributed by atoms with Crippen LogP contribution in [0.2, 0.25) is 0 Å². The van der Waals surface area contributed by atoms with Gasteiger partial charge < -0.3 is 16.0 Å². The summed E-state index contributed by atoms with van der Waals surface area (Å²) in [5.74, 6) is -1.50. The van der Waals surface area contributed by atoms with Crippen LogP contribution in [0.25, 0.3) is 0 Å². The number of carbonyl (C=O) groups is 2. The minimum absolute atomic E-state index is 0.118. The summed E-state index contributed by atoms with van der Waals surface area (Å²) in [6.07, 6.45) is 0.813. The number of likely N-dealkylation sites (N-methyl/N-ethyl adjacent to an activating group) is 1. The van der Waals surface area contributed by atoms with E-state index in [0.29, 0.717) is 12.2 Å². The molecular weight excluding hydrogens is 249 g/mol. The molecule has 0 aromatic heterocycles. The van der Waals surface area contributed by atoms with Crippen LogP contribution in [0.1, 0.15) is 23.7 Å². The molecule has 1 rings (SSSR count). The first-order valence-electron chi connectivity index (χ1n) is 6.03. The van der Waals surface area contributed by atoms with E-state index in [0.717, 1.165) is 17.4 Å². The summed E-state index contributed by atoms with van der Waals surface area (Å²) >= 11 is 0. The first-order chi connectivity index (χ1) is 8.95. The van der Waals surface area contributed by atoms with Crippen LogP contribution in [-0.4, -0.2) is 36.9 Å². The average molecular weight is 267 g/mol. The zero-order valence-electron chi connectivity index (χ0n) is 11.1. The van der Waals surface area contributed by atoms with E-state index in [9.17, 15) is 14.0 Å². The topological polar surface area (TPSA) is 75.4 Å². The van der Waals surface area contributed by atoms with Gasteiger partial charge in [-0.3, -0.25) is 9.59 Å². The number of nitrogens with one attached hydrogen (secondary N) is 1. The third-order valence-electron chi connectivity index (χ3n) is 2.52. The summed E-state index contributed by atoms with van der Waals surface area (Å²) in [5.41, 5.74) is 5.68. The highest BCUT2D eigenvalue weighted by atomic mass is 19.1. The Hall–Kier alpha value is -2.11. The Labute approximate surface area is 111 Å². The molecule has 2 amide bonds. The van der Waals surface area contributed by atoms with Crippen molar-refractivity contribution in [2.75, 3.05) is 25.9 Å². The Morgan fingerprint density at radius 3 is 2.74 bits per heavy atom. The summed E-state index contributed by atoms with van der Waals surface area (Å²) in [4.78, 5) is 24.6. The van der Waals surface area contributed by atoms with Crippen molar-refractivity contribution in [1.82, 2.24) is 10.2 Å². The molecule has 0 aliphatic carbocycles. The van der Waals surface area contributed by atoms with E-state index < -0.39 is 11.7 Å². The van der Waals surface area contributed by atoms with E-state index in [4.69, 9.17) is 5.73 Å². The van der Waals surface area contributed by atoms with Crippen molar-refractivity contribution in [2.45, 2.75) is 13.3 Å². The molecule has 0 heterocycles. The second-order valence-electron chi connectivity index (χ2n) is 4.25. The number of nitrogen functional groups attached to an aromatic ring is 1. The fourth-order valence-electron chi connectivity index (χ4n) is 1.52. The summed E-state index contributed by atoms with van der Waals surface area (Å²) < 4.78 is 13.5. The van der Waals surface area contributed by atoms with E-state index in [-0.39, 0.29) is 18.0 Å². The lowest BCUT2D eigenvalue weighted by atomic mass is 10.1. The van der Waals surface area contributed by atoms with E-state index in [1.165, 1.54) is 19.2 Å². The molecule has 6 heteroatoms. The number of amides is 2. The van der Waals surface area contributed by atoms with Crippen molar-refractivity contribution in [3.05, 3.63) is 29.6 Å². The Kier molecular flexibility index (Phi) is 5.29. The van der Waals surface area contributed by atoms with Crippen LogP contribution in [0, 0.1) is 5.82 Å². The SMILES string of the molecule is CCCNC(=O)CN(C)C(=O)c1cc(N)ccc1F. The van der Waals surface area contributed by atoms with Crippen LogP contribution in [0.3, 0.4) is 0 Å². The maximum Gasteiger partial charge on any atom is 0.257 e. The van der Waals surface area contributed by atoms with Crippen LogP contribution < -0.4 is 11.1 Å². The van der Waals surface area contributed by atoms with Crippen molar-refractivity contribution < 1.29 is 14.0 Å². The van der Waals surface area contributed by atoms with Gasteiger partial charge in [-0.15, -0.1) is 0 Å². The summed E-state index contributed by atoms with van der Waals surface area (Å²) in [6, 6.07) is 3.77. The third-order valence-corrected chi connectivity index (χ3v) is 2.52. The van der Waals surface area contributed by atoms with Gasteiger partial charge in [0.1, 0.15) is 5.82 Å². The molecule has 5 nitrogen and oxygen atoms in total. The maximum atomic E-state index is 13.5. The van der Waals surface area contributed by atoms with Crippen LogP contribution in [-0.2, 0) is 4.79 Å². The zero-order chi connectivity index (χ0) is 14.4. The van der Waals surface area contributed by atoms with E-state index in [2.05, 4.69) is 5.32 Å². The third kappa shape index (κ3) is 4.24. The highest BCUT2D eigenvalue weighted by Crippen LogP contribution is 2.13. The molecule has 1 aromatic rings. The highest BCUT2D eigenvalue weighted by Gasteiger charge is 2.18. The number of nitrogens with zero attached hydrogens (tertiary/aromatic N) is 1. The number of rotatable bonds is 5. The number of halogens is 1. The fourth-order valence-corrected chi connectivity index (χ4v) is 1.52. The standard InChI is InChI=1S/C13H18FN3O2/c1-3-6-16-12(18)8-17(2)13(19)10-7-9(15)4-5-11(10)14/h4-5,7H,3,6,8,15H2,1-2H3,(H,16,18). The van der Waals surface area contributed by atoms with Gasteiger partial charge in [0, 0.05) is 19.3 Å². The molecule has 0 radical (unpaired) electrons. The van der Waals surface area contributed by atoms with Gasteiger partial charge in [-0.05, 0) is 24.6 Å². The van der Waals surface area contributed by atoms with Gasteiger partial charge in [0.05, 0.1) is 12.1 Å². The first kappa shape index (κ1) is 14.9. The van der Waals surface area contributed by atoms with Crippen LogP contribution in [0.5, 0.6) is 0 Å². The van der Waals surface area contributed by atoms with Crippen LogP contribution >= 0.6 is 0 Å². The second kappa shape index (κ2) is 6.72. The minimum Gasteiger partial charge on any atom is -0.399 e. The highest BCUT2D eigenvalue weighted by molar-refractivity contribution is 5.97. The molecule has 0 unspecified atom stereocenters. The zero-order valence-corrected chi connectivity index (χ0v) is 11.1. The fraction of sp³-hybridized carbons (Fsp3) is 0.385. The molecular formula is C13H18FN3O2. The van der Waals surface area contributed by atoms with E-state index in [1.807, 2.05) is 6.92 Å². The van der Waals surface area contributed by atoms with Gasteiger partial charge in [0.15, 0.2) is 0 Å². The van der Waals surface area contributed by atoms with Crippen LogP contribution in [0.15, 0.2) is 18.2 Å². The van der Waals surface area contributed by atoms with Crippen molar-refractivity contribution in [1.29, 1.82) is 0 Å². The number of benzene rings is 1. The Balaban J connectivity index is 2.71. The lowest BCUT2D eigenvalue weighted by Crippen LogP contribution is -2.38. The molecule has 3 N–H and O–H groups in total. The predicted octanol–water partition coefficient (Wildman–Crippen LogP) is 1.01. The Bertz CT molecular complexity index is 477. The van der Waals surface area contributed by atoms with Crippen molar-refractivity contribution in [2.24, 2.45) is 0 Å². The largest absolute Gasteiger partial charge is 0.399 e. The molecule has 0 atom stereocenters. The van der Waals surface area contributed by atoms with Crippen molar-refractivity contribution in [3.63, 3.8) is 0 Å². The van der Waals surface area contributed by atoms with Gasteiger partial charge in [-0.1, -0.05) is 6.92 Å². The minimum atomic E-state index is -0.653. The van der Waals surface area contributed by atoms with E-state index >= 15 is 0 Å². The molecule has 104 valence electrons. The van der Waals surface area contributed by atoms with Gasteiger partial charge >= 0.3 is 0 Å². The predicted molar refractivity (Wildman–Crippen MR) is 71.1 cm³/mol.